The van der Waals surface area contributed by atoms with E-state index in [9.17, 15) is 4.79 Å². The third-order valence-electron chi connectivity index (χ3n) is 5.91. The maximum absolute atomic E-state index is 12.9. The standard InChI is InChI=1S/C19H29N5O/c1-22-10-2-3-15(13-22)19(25)23-11-7-17(8-12-23)24(16-4-5-16)18-6-9-20-14-21-18/h6,9,14-17H,2-5,7-8,10-13H2,1H3. The van der Waals surface area contributed by atoms with E-state index in [1.54, 1.807) is 6.33 Å². The minimum atomic E-state index is 0.205. The van der Waals surface area contributed by atoms with Crippen molar-refractivity contribution in [3.8, 4) is 0 Å². The number of carbonyl (C=O) groups is 1. The van der Waals surface area contributed by atoms with Crippen molar-refractivity contribution in [2.24, 2.45) is 5.92 Å². The van der Waals surface area contributed by atoms with E-state index in [0.717, 1.165) is 57.7 Å². The summed E-state index contributed by atoms with van der Waals surface area (Å²) in [5, 5.41) is 0. The molecule has 1 amide bonds. The molecule has 3 aliphatic rings. The minimum Gasteiger partial charge on any atom is -0.350 e. The van der Waals surface area contributed by atoms with Gasteiger partial charge in [0.2, 0.25) is 5.91 Å². The summed E-state index contributed by atoms with van der Waals surface area (Å²) in [5.74, 6) is 1.64. The summed E-state index contributed by atoms with van der Waals surface area (Å²) in [6.45, 7) is 3.82. The number of piperidine rings is 2. The fraction of sp³-hybridized carbons (Fsp3) is 0.737. The molecule has 1 aromatic rings. The van der Waals surface area contributed by atoms with Crippen LogP contribution >= 0.6 is 0 Å². The second-order valence-corrected chi connectivity index (χ2v) is 7.86. The molecule has 0 N–H and O–H groups in total. The van der Waals surface area contributed by atoms with Crippen molar-refractivity contribution in [3.05, 3.63) is 18.6 Å². The zero-order chi connectivity index (χ0) is 17.2. The van der Waals surface area contributed by atoms with Gasteiger partial charge in [-0.15, -0.1) is 0 Å². The molecule has 6 heteroatoms. The molecule has 1 atom stereocenters. The first-order chi connectivity index (χ1) is 12.2. The molecule has 1 aliphatic carbocycles. The van der Waals surface area contributed by atoms with Gasteiger partial charge in [-0.25, -0.2) is 9.97 Å². The highest BCUT2D eigenvalue weighted by molar-refractivity contribution is 5.79. The van der Waals surface area contributed by atoms with E-state index in [-0.39, 0.29) is 5.92 Å². The summed E-state index contributed by atoms with van der Waals surface area (Å²) in [7, 11) is 2.13. The normalized spacial score (nSPS) is 25.8. The molecule has 4 rings (SSSR count). The van der Waals surface area contributed by atoms with Gasteiger partial charge in [0, 0.05) is 37.9 Å². The SMILES string of the molecule is CN1CCCC(C(=O)N2CCC(N(c3ccncn3)C3CC3)CC2)C1. The fourth-order valence-electron chi connectivity index (χ4n) is 4.45. The predicted molar refractivity (Wildman–Crippen MR) is 97.4 cm³/mol. The fourth-order valence-corrected chi connectivity index (χ4v) is 4.45. The number of anilines is 1. The largest absolute Gasteiger partial charge is 0.350 e. The second-order valence-electron chi connectivity index (χ2n) is 7.86. The molecule has 0 spiro atoms. The van der Waals surface area contributed by atoms with Crippen LogP contribution in [0.5, 0.6) is 0 Å². The van der Waals surface area contributed by atoms with E-state index in [0.29, 0.717) is 18.0 Å². The van der Waals surface area contributed by atoms with Crippen LogP contribution in [0.3, 0.4) is 0 Å². The van der Waals surface area contributed by atoms with Crippen molar-refractivity contribution in [2.75, 3.05) is 38.1 Å². The molecule has 0 aromatic carbocycles. The average Bonchev–Trinajstić information content (AvgIpc) is 3.48. The topological polar surface area (TPSA) is 52.6 Å². The van der Waals surface area contributed by atoms with Gasteiger partial charge in [0.1, 0.15) is 12.1 Å². The smallest absolute Gasteiger partial charge is 0.226 e. The Hall–Kier alpha value is -1.69. The number of rotatable bonds is 4. The summed E-state index contributed by atoms with van der Waals surface area (Å²) in [4.78, 5) is 28.3. The van der Waals surface area contributed by atoms with Crippen LogP contribution in [0.25, 0.3) is 0 Å². The summed E-state index contributed by atoms with van der Waals surface area (Å²) in [6.07, 6.45) is 10.3. The third-order valence-corrected chi connectivity index (χ3v) is 5.91. The number of nitrogens with zero attached hydrogens (tertiary/aromatic N) is 5. The molecule has 3 heterocycles. The number of hydrogen-bond acceptors (Lipinski definition) is 5. The quantitative estimate of drug-likeness (QED) is 0.834. The van der Waals surface area contributed by atoms with Gasteiger partial charge in [-0.1, -0.05) is 0 Å². The summed E-state index contributed by atoms with van der Waals surface area (Å²) in [6, 6.07) is 3.16. The van der Waals surface area contributed by atoms with Crippen LogP contribution in [0, 0.1) is 5.92 Å². The molecule has 2 saturated heterocycles. The Balaban J connectivity index is 1.36. The van der Waals surface area contributed by atoms with Gasteiger partial charge in [-0.05, 0) is 58.2 Å². The maximum atomic E-state index is 12.9. The van der Waals surface area contributed by atoms with Crippen molar-refractivity contribution < 1.29 is 4.79 Å². The Kier molecular flexibility index (Phi) is 4.88. The van der Waals surface area contributed by atoms with Crippen LogP contribution in [0.4, 0.5) is 5.82 Å². The number of aromatic nitrogens is 2. The van der Waals surface area contributed by atoms with Crippen molar-refractivity contribution in [3.63, 3.8) is 0 Å². The van der Waals surface area contributed by atoms with E-state index in [2.05, 4.69) is 31.7 Å². The first-order valence-electron chi connectivity index (χ1n) is 9.74. The van der Waals surface area contributed by atoms with Crippen molar-refractivity contribution in [1.29, 1.82) is 0 Å². The molecule has 2 aliphatic heterocycles. The average molecular weight is 343 g/mol. The first kappa shape index (κ1) is 16.8. The monoisotopic (exact) mass is 343 g/mol. The van der Waals surface area contributed by atoms with Crippen LogP contribution in [-0.4, -0.2) is 71.0 Å². The van der Waals surface area contributed by atoms with Gasteiger partial charge in [0.15, 0.2) is 0 Å². The highest BCUT2D eigenvalue weighted by Gasteiger charge is 2.38. The molecule has 1 aromatic heterocycles. The van der Waals surface area contributed by atoms with Crippen molar-refractivity contribution >= 4 is 11.7 Å². The van der Waals surface area contributed by atoms with Crippen molar-refractivity contribution in [2.45, 2.75) is 50.6 Å². The lowest BCUT2D eigenvalue weighted by Gasteiger charge is -2.41. The van der Waals surface area contributed by atoms with E-state index in [1.165, 1.54) is 12.8 Å². The van der Waals surface area contributed by atoms with Gasteiger partial charge in [-0.2, -0.15) is 0 Å². The lowest BCUT2D eigenvalue weighted by Crippen LogP contribution is -2.51. The third kappa shape index (κ3) is 3.78. The van der Waals surface area contributed by atoms with Crippen LogP contribution in [0.2, 0.25) is 0 Å². The molecule has 0 bridgehead atoms. The second kappa shape index (κ2) is 7.28. The number of amides is 1. The highest BCUT2D eigenvalue weighted by Crippen LogP contribution is 2.35. The molecular formula is C19H29N5O. The first-order valence-corrected chi connectivity index (χ1v) is 9.74. The van der Waals surface area contributed by atoms with Crippen LogP contribution < -0.4 is 4.90 Å². The molecule has 6 nitrogen and oxygen atoms in total. The number of carbonyl (C=O) groups excluding carboxylic acids is 1. The minimum absolute atomic E-state index is 0.205. The van der Waals surface area contributed by atoms with Gasteiger partial charge in [0.05, 0.1) is 5.92 Å². The van der Waals surface area contributed by atoms with Crippen LogP contribution in [0.15, 0.2) is 18.6 Å². The Morgan fingerprint density at radius 2 is 1.88 bits per heavy atom. The maximum Gasteiger partial charge on any atom is 0.226 e. The van der Waals surface area contributed by atoms with Crippen LogP contribution in [0.1, 0.15) is 38.5 Å². The van der Waals surface area contributed by atoms with Crippen molar-refractivity contribution in [1.82, 2.24) is 19.8 Å². The van der Waals surface area contributed by atoms with Gasteiger partial charge in [0.25, 0.3) is 0 Å². The van der Waals surface area contributed by atoms with E-state index >= 15 is 0 Å². The highest BCUT2D eigenvalue weighted by atomic mass is 16.2. The molecule has 0 radical (unpaired) electrons. The predicted octanol–water partition coefficient (Wildman–Crippen LogP) is 1.78. The summed E-state index contributed by atoms with van der Waals surface area (Å²) in [5.41, 5.74) is 0. The van der Waals surface area contributed by atoms with E-state index in [1.807, 2.05) is 12.3 Å². The molecular weight excluding hydrogens is 314 g/mol. The molecule has 3 fully saturated rings. The lowest BCUT2D eigenvalue weighted by atomic mass is 9.95. The van der Waals surface area contributed by atoms with E-state index in [4.69, 9.17) is 0 Å². The van der Waals surface area contributed by atoms with Crippen LogP contribution in [-0.2, 0) is 4.79 Å². The summed E-state index contributed by atoms with van der Waals surface area (Å²) < 4.78 is 0. The molecule has 1 unspecified atom stereocenters. The zero-order valence-corrected chi connectivity index (χ0v) is 15.2. The molecule has 136 valence electrons. The Labute approximate surface area is 150 Å². The van der Waals surface area contributed by atoms with E-state index < -0.39 is 0 Å². The molecule has 1 saturated carbocycles. The Bertz CT molecular complexity index is 583. The zero-order valence-electron chi connectivity index (χ0n) is 15.2. The van der Waals surface area contributed by atoms with Gasteiger partial charge >= 0.3 is 0 Å². The molecule has 25 heavy (non-hydrogen) atoms. The Morgan fingerprint density at radius 3 is 2.52 bits per heavy atom. The number of likely N-dealkylation sites (tertiary alicyclic amines) is 2. The number of hydrogen-bond donors (Lipinski definition) is 0. The Morgan fingerprint density at radius 1 is 1.12 bits per heavy atom. The lowest BCUT2D eigenvalue weighted by molar-refractivity contribution is -0.138. The van der Waals surface area contributed by atoms with Gasteiger partial charge < -0.3 is 14.7 Å². The summed E-state index contributed by atoms with van der Waals surface area (Å²) >= 11 is 0. The van der Waals surface area contributed by atoms with Gasteiger partial charge in [-0.3, -0.25) is 4.79 Å².